The van der Waals surface area contributed by atoms with Crippen LogP contribution >= 0.6 is 0 Å². The maximum Gasteiger partial charge on any atom is 0.267 e. The smallest absolute Gasteiger partial charge is 0.267 e. The largest absolute Gasteiger partial charge is 0.486 e. The van der Waals surface area contributed by atoms with Crippen LogP contribution in [-0.2, 0) is 9.63 Å². The summed E-state index contributed by atoms with van der Waals surface area (Å²) in [4.78, 5) is 19.3. The van der Waals surface area contributed by atoms with Crippen LogP contribution in [0.2, 0.25) is 0 Å². The highest BCUT2D eigenvalue weighted by Crippen LogP contribution is 2.27. The highest BCUT2D eigenvalue weighted by Gasteiger charge is 2.39. The van der Waals surface area contributed by atoms with E-state index in [2.05, 4.69) is 5.16 Å². The molecule has 0 aliphatic carbocycles. The van der Waals surface area contributed by atoms with Crippen molar-refractivity contribution in [3.63, 3.8) is 0 Å². The van der Waals surface area contributed by atoms with Crippen LogP contribution < -0.4 is 4.74 Å². The molecule has 3 rings (SSSR count). The number of benzene rings is 1. The fraction of sp³-hybridized carbons (Fsp3) is 0.529. The summed E-state index contributed by atoms with van der Waals surface area (Å²) >= 11 is 0. The van der Waals surface area contributed by atoms with Gasteiger partial charge in [0.05, 0.1) is 18.8 Å². The second-order valence-corrected chi connectivity index (χ2v) is 6.01. The number of rotatable bonds is 4. The average molecular weight is 302 g/mol. The first-order valence-corrected chi connectivity index (χ1v) is 7.81. The lowest BCUT2D eigenvalue weighted by Gasteiger charge is -2.40. The third-order valence-electron chi connectivity index (χ3n) is 4.27. The number of carbonyl (C=O) groups is 1. The number of likely N-dealkylation sites (tertiary alicyclic amines) is 1. The van der Waals surface area contributed by atoms with Crippen LogP contribution in [0.5, 0.6) is 5.75 Å². The van der Waals surface area contributed by atoms with Crippen molar-refractivity contribution in [2.45, 2.75) is 45.8 Å². The number of ether oxygens (including phenoxy) is 1. The molecule has 22 heavy (non-hydrogen) atoms. The number of hydrogen-bond donors (Lipinski definition) is 0. The summed E-state index contributed by atoms with van der Waals surface area (Å²) in [6, 6.07) is 6.11. The van der Waals surface area contributed by atoms with Crippen LogP contribution in [0, 0.1) is 13.8 Å². The first kappa shape index (κ1) is 14.9. The van der Waals surface area contributed by atoms with Crippen molar-refractivity contribution in [1.82, 2.24) is 4.90 Å². The van der Waals surface area contributed by atoms with E-state index in [1.807, 2.05) is 39.0 Å². The van der Waals surface area contributed by atoms with Gasteiger partial charge in [0.2, 0.25) is 6.10 Å². The predicted octanol–water partition coefficient (Wildman–Crippen LogP) is 2.45. The van der Waals surface area contributed by atoms with Gasteiger partial charge in [-0.25, -0.2) is 0 Å². The lowest BCUT2D eigenvalue weighted by molar-refractivity contribution is -0.151. The minimum atomic E-state index is -0.434. The SMILES string of the molecule is CCC1=NOC(C(=O)N2CC(Oc3c(C)cccc3C)C2)C1. The Balaban J connectivity index is 1.51. The Kier molecular flexibility index (Phi) is 4.05. The van der Waals surface area contributed by atoms with Crippen molar-refractivity contribution in [1.29, 1.82) is 0 Å². The summed E-state index contributed by atoms with van der Waals surface area (Å²) in [5, 5.41) is 3.95. The fourth-order valence-electron chi connectivity index (χ4n) is 2.82. The zero-order chi connectivity index (χ0) is 15.7. The zero-order valence-electron chi connectivity index (χ0n) is 13.3. The van der Waals surface area contributed by atoms with Crippen LogP contribution in [0.1, 0.15) is 30.9 Å². The Bertz CT molecular complexity index is 586. The Hall–Kier alpha value is -2.04. The van der Waals surface area contributed by atoms with E-state index in [-0.39, 0.29) is 12.0 Å². The molecule has 1 saturated heterocycles. The molecule has 0 N–H and O–H groups in total. The van der Waals surface area contributed by atoms with Gasteiger partial charge in [0.1, 0.15) is 11.9 Å². The van der Waals surface area contributed by atoms with Gasteiger partial charge < -0.3 is 14.5 Å². The van der Waals surface area contributed by atoms with Crippen LogP contribution in [0.3, 0.4) is 0 Å². The molecule has 2 aliphatic rings. The maximum absolute atomic E-state index is 12.3. The van der Waals surface area contributed by atoms with E-state index < -0.39 is 6.10 Å². The summed E-state index contributed by atoms with van der Waals surface area (Å²) in [6.45, 7) is 7.34. The molecule has 1 unspecified atom stereocenters. The molecule has 5 nitrogen and oxygen atoms in total. The lowest BCUT2D eigenvalue weighted by atomic mass is 10.1. The molecule has 0 saturated carbocycles. The Morgan fingerprint density at radius 1 is 1.36 bits per heavy atom. The number of nitrogens with zero attached hydrogens (tertiary/aromatic N) is 2. The number of para-hydroxylation sites is 1. The predicted molar refractivity (Wildman–Crippen MR) is 84.1 cm³/mol. The lowest BCUT2D eigenvalue weighted by Crippen LogP contribution is -2.58. The van der Waals surface area contributed by atoms with Crippen molar-refractivity contribution in [2.24, 2.45) is 5.16 Å². The number of carbonyl (C=O) groups excluding carboxylic acids is 1. The second kappa shape index (κ2) is 5.99. The molecular weight excluding hydrogens is 280 g/mol. The first-order chi connectivity index (χ1) is 10.6. The summed E-state index contributed by atoms with van der Waals surface area (Å²) < 4.78 is 6.03. The molecule has 1 aromatic carbocycles. The summed E-state index contributed by atoms with van der Waals surface area (Å²) in [5.41, 5.74) is 3.22. The Morgan fingerprint density at radius 3 is 2.64 bits per heavy atom. The van der Waals surface area contributed by atoms with Gasteiger partial charge in [-0.1, -0.05) is 30.3 Å². The highest BCUT2D eigenvalue weighted by molar-refractivity contribution is 5.92. The van der Waals surface area contributed by atoms with Crippen molar-refractivity contribution in [3.8, 4) is 5.75 Å². The number of hydrogen-bond acceptors (Lipinski definition) is 4. The van der Waals surface area contributed by atoms with Gasteiger partial charge in [0.25, 0.3) is 5.91 Å². The quantitative estimate of drug-likeness (QED) is 0.858. The standard InChI is InChI=1S/C17H22N2O3/c1-4-13-8-15(22-18-13)17(20)19-9-14(10-19)21-16-11(2)6-5-7-12(16)3/h5-7,14-15H,4,8-10H2,1-3H3. The average Bonchev–Trinajstić information content (AvgIpc) is 2.93. The molecule has 0 spiro atoms. The summed E-state index contributed by atoms with van der Waals surface area (Å²) in [7, 11) is 0. The molecule has 1 fully saturated rings. The third kappa shape index (κ3) is 2.80. The second-order valence-electron chi connectivity index (χ2n) is 6.01. The van der Waals surface area contributed by atoms with Gasteiger partial charge in [0.15, 0.2) is 0 Å². The number of amides is 1. The minimum absolute atomic E-state index is 0.0218. The first-order valence-electron chi connectivity index (χ1n) is 7.81. The molecule has 1 atom stereocenters. The molecule has 2 aliphatic heterocycles. The van der Waals surface area contributed by atoms with Gasteiger partial charge in [-0.2, -0.15) is 0 Å². The zero-order valence-corrected chi connectivity index (χ0v) is 13.3. The Labute approximate surface area is 130 Å². The fourth-order valence-corrected chi connectivity index (χ4v) is 2.82. The minimum Gasteiger partial charge on any atom is -0.486 e. The van der Waals surface area contributed by atoms with E-state index in [1.54, 1.807) is 4.90 Å². The normalized spacial score (nSPS) is 21.1. The molecule has 0 radical (unpaired) electrons. The van der Waals surface area contributed by atoms with E-state index in [4.69, 9.17) is 9.57 Å². The van der Waals surface area contributed by atoms with Crippen molar-refractivity contribution >= 4 is 11.6 Å². The van der Waals surface area contributed by atoms with Gasteiger partial charge >= 0.3 is 0 Å². The van der Waals surface area contributed by atoms with Crippen LogP contribution in [-0.4, -0.2) is 41.8 Å². The summed E-state index contributed by atoms with van der Waals surface area (Å²) in [5.74, 6) is 0.960. The molecule has 0 bridgehead atoms. The Morgan fingerprint density at radius 2 is 2.05 bits per heavy atom. The van der Waals surface area contributed by atoms with Crippen LogP contribution in [0.15, 0.2) is 23.4 Å². The molecule has 2 heterocycles. The number of aryl methyl sites for hydroxylation is 2. The van der Waals surface area contributed by atoms with Crippen molar-refractivity contribution in [2.75, 3.05) is 13.1 Å². The topological polar surface area (TPSA) is 51.1 Å². The third-order valence-corrected chi connectivity index (χ3v) is 4.27. The van der Waals surface area contributed by atoms with Gasteiger partial charge in [0, 0.05) is 6.42 Å². The molecular formula is C17H22N2O3. The molecule has 118 valence electrons. The molecule has 5 heteroatoms. The van der Waals surface area contributed by atoms with Gasteiger partial charge in [-0.05, 0) is 31.4 Å². The van der Waals surface area contributed by atoms with E-state index in [1.165, 1.54) is 0 Å². The van der Waals surface area contributed by atoms with Crippen LogP contribution in [0.4, 0.5) is 0 Å². The van der Waals surface area contributed by atoms with E-state index in [0.717, 1.165) is 29.0 Å². The molecule has 1 aromatic rings. The number of oxime groups is 1. The summed E-state index contributed by atoms with van der Waals surface area (Å²) in [6.07, 6.45) is 1.09. The maximum atomic E-state index is 12.3. The van der Waals surface area contributed by atoms with E-state index in [9.17, 15) is 4.79 Å². The van der Waals surface area contributed by atoms with Gasteiger partial charge in [-0.15, -0.1) is 0 Å². The monoisotopic (exact) mass is 302 g/mol. The molecule has 1 amide bonds. The van der Waals surface area contributed by atoms with E-state index >= 15 is 0 Å². The van der Waals surface area contributed by atoms with Gasteiger partial charge in [-0.3, -0.25) is 4.79 Å². The van der Waals surface area contributed by atoms with Crippen LogP contribution in [0.25, 0.3) is 0 Å². The highest BCUT2D eigenvalue weighted by atomic mass is 16.6. The van der Waals surface area contributed by atoms with Crippen molar-refractivity contribution in [3.05, 3.63) is 29.3 Å². The van der Waals surface area contributed by atoms with E-state index in [0.29, 0.717) is 19.5 Å². The molecule has 0 aromatic heterocycles. The van der Waals surface area contributed by atoms with Crippen molar-refractivity contribution < 1.29 is 14.4 Å².